The summed E-state index contributed by atoms with van der Waals surface area (Å²) in [6, 6.07) is -0.187. The van der Waals surface area contributed by atoms with Crippen molar-refractivity contribution in [2.75, 3.05) is 13.2 Å². The third kappa shape index (κ3) is 3.64. The summed E-state index contributed by atoms with van der Waals surface area (Å²) in [5.74, 6) is 0.116. The molecule has 0 heterocycles. The van der Waals surface area contributed by atoms with Crippen molar-refractivity contribution >= 4 is 5.91 Å². The number of carbonyl (C=O) groups excluding carboxylic acids is 1. The number of hydrogen-bond donors (Lipinski definition) is 3. The Morgan fingerprint density at radius 1 is 1.50 bits per heavy atom. The summed E-state index contributed by atoms with van der Waals surface area (Å²) in [6.07, 6.45) is 0. The molecular weight excluding hydrogens is 180 g/mol. The van der Waals surface area contributed by atoms with Crippen LogP contribution >= 0.6 is 0 Å². The highest BCUT2D eigenvalue weighted by molar-refractivity contribution is 5.82. The van der Waals surface area contributed by atoms with Gasteiger partial charge in [-0.1, -0.05) is 13.8 Å². The first-order chi connectivity index (χ1) is 6.35. The highest BCUT2D eigenvalue weighted by atomic mass is 16.3. The second kappa shape index (κ2) is 5.32. The fraction of sp³-hybridized carbons (Fsp3) is 0.900. The van der Waals surface area contributed by atoms with Crippen LogP contribution in [0.5, 0.6) is 0 Å². The van der Waals surface area contributed by atoms with Gasteiger partial charge in [-0.05, 0) is 19.8 Å². The maximum atomic E-state index is 11.7. The third-order valence-electron chi connectivity index (χ3n) is 2.44. The summed E-state index contributed by atoms with van der Waals surface area (Å²) < 4.78 is 0. The van der Waals surface area contributed by atoms with Crippen molar-refractivity contribution in [1.82, 2.24) is 5.32 Å². The van der Waals surface area contributed by atoms with Crippen molar-refractivity contribution in [3.63, 3.8) is 0 Å². The first kappa shape index (κ1) is 13.4. The maximum Gasteiger partial charge on any atom is 0.227 e. The summed E-state index contributed by atoms with van der Waals surface area (Å²) in [5, 5.41) is 11.8. The Balaban J connectivity index is 4.30. The number of rotatable bonds is 5. The Morgan fingerprint density at radius 3 is 2.29 bits per heavy atom. The molecule has 0 spiro atoms. The number of aliphatic hydroxyl groups excluding tert-OH is 1. The van der Waals surface area contributed by atoms with Crippen molar-refractivity contribution in [2.45, 2.75) is 33.7 Å². The third-order valence-corrected chi connectivity index (χ3v) is 2.44. The molecule has 4 N–H and O–H groups in total. The van der Waals surface area contributed by atoms with E-state index < -0.39 is 5.41 Å². The average Bonchev–Trinajstić information content (AvgIpc) is 2.12. The first-order valence-electron chi connectivity index (χ1n) is 4.97. The Morgan fingerprint density at radius 2 is 2.00 bits per heavy atom. The molecule has 0 radical (unpaired) electrons. The van der Waals surface area contributed by atoms with E-state index in [0.717, 1.165) is 0 Å². The molecular formula is C10H22N2O2. The van der Waals surface area contributed by atoms with Crippen LogP contribution in [0.3, 0.4) is 0 Å². The van der Waals surface area contributed by atoms with Gasteiger partial charge in [0, 0.05) is 6.54 Å². The van der Waals surface area contributed by atoms with E-state index in [1.54, 1.807) is 13.8 Å². The van der Waals surface area contributed by atoms with Crippen molar-refractivity contribution in [3.05, 3.63) is 0 Å². The lowest BCUT2D eigenvalue weighted by Crippen LogP contribution is -2.49. The zero-order valence-electron chi connectivity index (χ0n) is 9.50. The van der Waals surface area contributed by atoms with Crippen LogP contribution < -0.4 is 11.1 Å². The average molecular weight is 202 g/mol. The molecule has 0 fully saturated rings. The van der Waals surface area contributed by atoms with Crippen LogP contribution in [-0.2, 0) is 4.79 Å². The van der Waals surface area contributed by atoms with Gasteiger partial charge in [0.2, 0.25) is 5.91 Å². The molecule has 0 saturated heterocycles. The van der Waals surface area contributed by atoms with E-state index in [1.807, 2.05) is 13.8 Å². The van der Waals surface area contributed by atoms with Crippen LogP contribution in [0.15, 0.2) is 0 Å². The van der Waals surface area contributed by atoms with E-state index in [1.165, 1.54) is 0 Å². The Bertz CT molecular complexity index is 191. The summed E-state index contributed by atoms with van der Waals surface area (Å²) in [7, 11) is 0. The van der Waals surface area contributed by atoms with E-state index in [-0.39, 0.29) is 24.5 Å². The van der Waals surface area contributed by atoms with Gasteiger partial charge in [-0.25, -0.2) is 0 Å². The first-order valence-corrected chi connectivity index (χ1v) is 4.97. The Labute approximate surface area is 85.9 Å². The van der Waals surface area contributed by atoms with Gasteiger partial charge in [-0.2, -0.15) is 0 Å². The van der Waals surface area contributed by atoms with E-state index in [2.05, 4.69) is 5.32 Å². The molecule has 0 aromatic rings. The molecule has 1 amide bonds. The molecule has 0 aliphatic heterocycles. The molecule has 0 saturated carbocycles. The van der Waals surface area contributed by atoms with E-state index >= 15 is 0 Å². The van der Waals surface area contributed by atoms with Gasteiger partial charge in [0.15, 0.2) is 0 Å². The molecule has 0 rings (SSSR count). The van der Waals surface area contributed by atoms with Gasteiger partial charge in [-0.3, -0.25) is 4.79 Å². The Kier molecular flexibility index (Phi) is 5.08. The predicted octanol–water partition coefficient (Wildman–Crippen LogP) is 0.104. The predicted molar refractivity (Wildman–Crippen MR) is 56.7 cm³/mol. The molecule has 0 aliphatic rings. The standard InChI is InChI=1S/C10H22N2O2/c1-7(2)8(5-13)12-9(14)10(3,4)6-11/h7-8,13H,5-6,11H2,1-4H3,(H,12,14). The van der Waals surface area contributed by atoms with Crippen LogP contribution in [0.25, 0.3) is 0 Å². The Hall–Kier alpha value is -0.610. The van der Waals surface area contributed by atoms with Crippen molar-refractivity contribution in [3.8, 4) is 0 Å². The zero-order valence-corrected chi connectivity index (χ0v) is 9.50. The molecule has 0 aliphatic carbocycles. The van der Waals surface area contributed by atoms with Crippen LogP contribution in [0, 0.1) is 11.3 Å². The molecule has 14 heavy (non-hydrogen) atoms. The molecule has 0 bridgehead atoms. The van der Waals surface area contributed by atoms with Crippen LogP contribution in [0.4, 0.5) is 0 Å². The molecule has 4 heteroatoms. The lowest BCUT2D eigenvalue weighted by Gasteiger charge is -2.27. The summed E-state index contributed by atoms with van der Waals surface area (Å²) >= 11 is 0. The van der Waals surface area contributed by atoms with Crippen LogP contribution in [0.2, 0.25) is 0 Å². The number of nitrogens with one attached hydrogen (secondary N) is 1. The smallest absolute Gasteiger partial charge is 0.227 e. The van der Waals surface area contributed by atoms with Crippen molar-refractivity contribution < 1.29 is 9.90 Å². The zero-order chi connectivity index (χ0) is 11.4. The number of carbonyl (C=O) groups is 1. The lowest BCUT2D eigenvalue weighted by atomic mass is 9.91. The van der Waals surface area contributed by atoms with Crippen molar-refractivity contribution in [2.24, 2.45) is 17.1 Å². The maximum absolute atomic E-state index is 11.7. The fourth-order valence-electron chi connectivity index (χ4n) is 0.880. The second-order valence-corrected chi connectivity index (χ2v) is 4.59. The summed E-state index contributed by atoms with van der Waals surface area (Å²) in [4.78, 5) is 11.7. The van der Waals surface area contributed by atoms with Gasteiger partial charge in [-0.15, -0.1) is 0 Å². The molecule has 1 unspecified atom stereocenters. The second-order valence-electron chi connectivity index (χ2n) is 4.59. The van der Waals surface area contributed by atoms with Crippen molar-refractivity contribution in [1.29, 1.82) is 0 Å². The normalized spacial score (nSPS) is 14.2. The number of hydrogen-bond acceptors (Lipinski definition) is 3. The van der Waals surface area contributed by atoms with Gasteiger partial charge in [0.1, 0.15) is 0 Å². The number of amides is 1. The lowest BCUT2D eigenvalue weighted by molar-refractivity contribution is -0.130. The minimum Gasteiger partial charge on any atom is -0.394 e. The molecule has 0 aromatic heterocycles. The van der Waals surface area contributed by atoms with E-state index in [9.17, 15) is 4.79 Å². The van der Waals surface area contributed by atoms with Gasteiger partial charge in [0.05, 0.1) is 18.1 Å². The highest BCUT2D eigenvalue weighted by Gasteiger charge is 2.28. The topological polar surface area (TPSA) is 75.3 Å². The van der Waals surface area contributed by atoms with Gasteiger partial charge >= 0.3 is 0 Å². The number of aliphatic hydroxyl groups is 1. The summed E-state index contributed by atoms with van der Waals surface area (Å²) in [6.45, 7) is 7.75. The largest absolute Gasteiger partial charge is 0.394 e. The number of nitrogens with two attached hydrogens (primary N) is 1. The highest BCUT2D eigenvalue weighted by Crippen LogP contribution is 2.13. The molecule has 1 atom stereocenters. The minimum absolute atomic E-state index is 0.0376. The fourth-order valence-corrected chi connectivity index (χ4v) is 0.880. The van der Waals surface area contributed by atoms with E-state index in [0.29, 0.717) is 6.54 Å². The molecule has 0 aromatic carbocycles. The molecule has 4 nitrogen and oxygen atoms in total. The summed E-state index contributed by atoms with van der Waals surface area (Å²) in [5.41, 5.74) is 4.91. The SMILES string of the molecule is CC(C)C(CO)NC(=O)C(C)(C)CN. The van der Waals surface area contributed by atoms with Gasteiger partial charge < -0.3 is 16.2 Å². The van der Waals surface area contributed by atoms with Crippen LogP contribution in [0.1, 0.15) is 27.7 Å². The van der Waals surface area contributed by atoms with Gasteiger partial charge in [0.25, 0.3) is 0 Å². The monoisotopic (exact) mass is 202 g/mol. The van der Waals surface area contributed by atoms with E-state index in [4.69, 9.17) is 10.8 Å². The molecule has 84 valence electrons. The minimum atomic E-state index is -0.567. The quantitative estimate of drug-likeness (QED) is 0.592. The van der Waals surface area contributed by atoms with Crippen LogP contribution in [-0.4, -0.2) is 30.2 Å².